The molecule has 0 radical (unpaired) electrons. The highest BCUT2D eigenvalue weighted by Crippen LogP contribution is 2.34. The van der Waals surface area contributed by atoms with Crippen molar-refractivity contribution >= 4 is 11.7 Å². The fourth-order valence-corrected chi connectivity index (χ4v) is 1.90. The number of aliphatic hydroxyl groups is 1. The lowest BCUT2D eigenvalue weighted by Crippen LogP contribution is -2.46. The summed E-state index contributed by atoms with van der Waals surface area (Å²) in [6, 6.07) is 9.13. The molecule has 1 heterocycles. The zero-order valence-corrected chi connectivity index (χ0v) is 10.7. The van der Waals surface area contributed by atoms with Crippen LogP contribution in [0.25, 0.3) is 0 Å². The molecule has 20 heavy (non-hydrogen) atoms. The van der Waals surface area contributed by atoms with Gasteiger partial charge in [-0.05, 0) is 6.92 Å². The average molecular weight is 281 g/mol. The lowest BCUT2D eigenvalue weighted by atomic mass is 9.98. The summed E-state index contributed by atoms with van der Waals surface area (Å²) in [5, 5.41) is 36.8. The van der Waals surface area contributed by atoms with Gasteiger partial charge in [0.25, 0.3) is 5.09 Å². The van der Waals surface area contributed by atoms with Crippen LogP contribution >= 0.6 is 0 Å². The predicted octanol–water partition coefficient (Wildman–Crippen LogP) is 0.459. The van der Waals surface area contributed by atoms with Gasteiger partial charge >= 0.3 is 0 Å². The SMILES string of the molecule is CC1=NN(C(=N)N)C(O)(c2ccccc2)C1.O=[N+]([O-])O. The highest BCUT2D eigenvalue weighted by atomic mass is 16.9. The molecule has 0 fully saturated rings. The van der Waals surface area contributed by atoms with Gasteiger partial charge in [0.05, 0.1) is 0 Å². The van der Waals surface area contributed by atoms with E-state index < -0.39 is 10.8 Å². The minimum atomic E-state index is -1.50. The molecular weight excluding hydrogens is 266 g/mol. The van der Waals surface area contributed by atoms with Crippen LogP contribution in [0.15, 0.2) is 35.4 Å². The number of nitrogens with zero attached hydrogens (tertiary/aromatic N) is 3. The van der Waals surface area contributed by atoms with Crippen molar-refractivity contribution in [2.45, 2.75) is 19.1 Å². The van der Waals surface area contributed by atoms with Crippen LogP contribution in [0.1, 0.15) is 18.9 Å². The Kier molecular flexibility index (Phi) is 4.59. The molecule has 0 amide bonds. The highest BCUT2D eigenvalue weighted by molar-refractivity contribution is 5.88. The van der Waals surface area contributed by atoms with Crippen LogP contribution < -0.4 is 5.73 Å². The number of rotatable bonds is 1. The molecule has 0 aliphatic carbocycles. The third kappa shape index (κ3) is 3.42. The lowest BCUT2D eigenvalue weighted by molar-refractivity contribution is -0.742. The number of hydrogen-bond donors (Lipinski definition) is 4. The molecule has 0 spiro atoms. The normalized spacial score (nSPS) is 20.7. The first-order valence-corrected chi connectivity index (χ1v) is 5.57. The highest BCUT2D eigenvalue weighted by Gasteiger charge is 2.42. The molecule has 2 rings (SSSR count). The maximum absolute atomic E-state index is 10.6. The maximum atomic E-state index is 10.6. The first-order chi connectivity index (χ1) is 9.27. The van der Waals surface area contributed by atoms with E-state index in [1.807, 2.05) is 18.2 Å². The van der Waals surface area contributed by atoms with E-state index in [0.29, 0.717) is 12.0 Å². The van der Waals surface area contributed by atoms with E-state index >= 15 is 0 Å². The van der Waals surface area contributed by atoms with Crippen LogP contribution in [0.3, 0.4) is 0 Å². The van der Waals surface area contributed by atoms with Crippen molar-refractivity contribution in [1.29, 1.82) is 5.41 Å². The molecule has 9 heteroatoms. The standard InChI is InChI=1S/C11H14N4O.HNO3/c1-8-7-11(16,15(14-8)10(12)13)9-5-3-2-4-6-9;2-1(3)4/h2-6,16H,7H2,1H3,(H3,12,13);(H,2,3,4). The van der Waals surface area contributed by atoms with Crippen molar-refractivity contribution in [3.8, 4) is 0 Å². The molecule has 0 saturated heterocycles. The van der Waals surface area contributed by atoms with Gasteiger partial charge in [0.1, 0.15) is 0 Å². The Morgan fingerprint density at radius 3 is 2.50 bits per heavy atom. The molecule has 1 aromatic carbocycles. The summed E-state index contributed by atoms with van der Waals surface area (Å²) in [5.74, 6) is -0.261. The molecule has 1 unspecified atom stereocenters. The molecule has 1 aliphatic rings. The number of guanidine groups is 1. The molecule has 108 valence electrons. The van der Waals surface area contributed by atoms with Crippen LogP contribution in [-0.4, -0.2) is 32.1 Å². The Bertz CT molecular complexity index is 529. The lowest BCUT2D eigenvalue weighted by Gasteiger charge is -2.31. The van der Waals surface area contributed by atoms with Crippen LogP contribution in [0.2, 0.25) is 0 Å². The molecular formula is C11H15N5O4. The van der Waals surface area contributed by atoms with Crippen LogP contribution in [0.4, 0.5) is 0 Å². The smallest absolute Gasteiger partial charge is 0.291 e. The minimum Gasteiger partial charge on any atom is -0.368 e. The monoisotopic (exact) mass is 281 g/mol. The topological polar surface area (TPSA) is 149 Å². The second-order valence-corrected chi connectivity index (χ2v) is 4.13. The first kappa shape index (κ1) is 15.4. The predicted molar refractivity (Wildman–Crippen MR) is 70.6 cm³/mol. The zero-order valence-electron chi connectivity index (χ0n) is 10.7. The van der Waals surface area contributed by atoms with Gasteiger partial charge < -0.3 is 16.0 Å². The van der Waals surface area contributed by atoms with E-state index in [1.165, 1.54) is 0 Å². The Balaban J connectivity index is 0.000000444. The Morgan fingerprint density at radius 2 is 2.05 bits per heavy atom. The summed E-state index contributed by atoms with van der Waals surface area (Å²) in [6.45, 7) is 1.80. The van der Waals surface area contributed by atoms with E-state index in [-0.39, 0.29) is 5.96 Å². The van der Waals surface area contributed by atoms with Gasteiger partial charge in [-0.15, -0.1) is 10.1 Å². The number of nitrogens with one attached hydrogen (secondary N) is 1. The van der Waals surface area contributed by atoms with Crippen molar-refractivity contribution in [3.63, 3.8) is 0 Å². The summed E-state index contributed by atoms with van der Waals surface area (Å²) >= 11 is 0. The number of benzene rings is 1. The molecule has 5 N–H and O–H groups in total. The largest absolute Gasteiger partial charge is 0.368 e. The fourth-order valence-electron chi connectivity index (χ4n) is 1.90. The van der Waals surface area contributed by atoms with E-state index in [1.54, 1.807) is 19.1 Å². The van der Waals surface area contributed by atoms with Crippen molar-refractivity contribution in [2.24, 2.45) is 10.8 Å². The third-order valence-corrected chi connectivity index (χ3v) is 2.59. The van der Waals surface area contributed by atoms with Crippen molar-refractivity contribution in [3.05, 3.63) is 46.0 Å². The van der Waals surface area contributed by atoms with Crippen LogP contribution in [0, 0.1) is 15.5 Å². The summed E-state index contributed by atoms with van der Waals surface area (Å²) in [5.41, 5.74) is 5.53. The number of nitrogens with two attached hydrogens (primary N) is 1. The second kappa shape index (κ2) is 5.97. The van der Waals surface area contributed by atoms with E-state index in [4.69, 9.17) is 26.5 Å². The van der Waals surface area contributed by atoms with Gasteiger partial charge in [-0.25, -0.2) is 0 Å². The quantitative estimate of drug-likeness (QED) is 0.254. The Labute approximate surface area is 114 Å². The summed E-state index contributed by atoms with van der Waals surface area (Å²) in [4.78, 5) is 8.36. The molecule has 0 saturated carbocycles. The molecule has 0 bridgehead atoms. The molecule has 1 aliphatic heterocycles. The van der Waals surface area contributed by atoms with Crippen molar-refractivity contribution in [2.75, 3.05) is 0 Å². The zero-order chi connectivity index (χ0) is 15.3. The second-order valence-electron chi connectivity index (χ2n) is 4.13. The summed E-state index contributed by atoms with van der Waals surface area (Å²) in [6.07, 6.45) is 0.358. The fraction of sp³-hybridized carbons (Fsp3) is 0.273. The van der Waals surface area contributed by atoms with Crippen molar-refractivity contribution in [1.82, 2.24) is 5.01 Å². The Hall–Kier alpha value is -2.68. The van der Waals surface area contributed by atoms with E-state index in [2.05, 4.69) is 5.10 Å². The van der Waals surface area contributed by atoms with Gasteiger partial charge in [-0.2, -0.15) is 10.1 Å². The molecule has 1 aromatic rings. The summed E-state index contributed by atoms with van der Waals surface area (Å²) in [7, 11) is 0. The minimum absolute atomic E-state index is 0.261. The molecule has 9 nitrogen and oxygen atoms in total. The molecule has 1 atom stereocenters. The van der Waals surface area contributed by atoms with Gasteiger partial charge in [0.15, 0.2) is 5.72 Å². The van der Waals surface area contributed by atoms with E-state index in [9.17, 15) is 5.11 Å². The van der Waals surface area contributed by atoms with Gasteiger partial charge in [-0.1, -0.05) is 30.3 Å². The van der Waals surface area contributed by atoms with Crippen LogP contribution in [-0.2, 0) is 5.72 Å². The van der Waals surface area contributed by atoms with Gasteiger partial charge in [-0.3, -0.25) is 5.41 Å². The maximum Gasteiger partial charge on any atom is 0.291 e. The molecule has 0 aromatic heterocycles. The third-order valence-electron chi connectivity index (χ3n) is 2.59. The van der Waals surface area contributed by atoms with Gasteiger partial charge in [0.2, 0.25) is 5.96 Å². The average Bonchev–Trinajstić information content (AvgIpc) is 2.67. The first-order valence-electron chi connectivity index (χ1n) is 5.57. The Morgan fingerprint density at radius 1 is 1.55 bits per heavy atom. The van der Waals surface area contributed by atoms with Crippen LogP contribution in [0.5, 0.6) is 0 Å². The van der Waals surface area contributed by atoms with Crippen molar-refractivity contribution < 1.29 is 15.4 Å². The van der Waals surface area contributed by atoms with Gasteiger partial charge in [0, 0.05) is 17.7 Å². The number of hydrogen-bond acceptors (Lipinski definition) is 5. The summed E-state index contributed by atoms with van der Waals surface area (Å²) < 4.78 is 0. The number of hydrazone groups is 1. The van der Waals surface area contributed by atoms with E-state index in [0.717, 1.165) is 10.7 Å².